The molecule has 1 rings (SSSR count). The molecule has 20 heavy (non-hydrogen) atoms. The molecule has 1 heterocycles. The number of esters is 1. The Morgan fingerprint density at radius 3 is 2.65 bits per heavy atom. The second-order valence-corrected chi connectivity index (χ2v) is 4.92. The lowest BCUT2D eigenvalue weighted by molar-refractivity contribution is -0.143. The molecule has 0 aromatic rings. The molecular formula is C14H26N2O4. The highest BCUT2D eigenvalue weighted by molar-refractivity contribution is 5.77. The third-order valence-electron chi connectivity index (χ3n) is 3.43. The molecule has 0 aliphatic carbocycles. The number of ether oxygens (including phenoxy) is 2. The van der Waals surface area contributed by atoms with Crippen molar-refractivity contribution in [3.63, 3.8) is 0 Å². The Morgan fingerprint density at radius 2 is 2.05 bits per heavy atom. The van der Waals surface area contributed by atoms with Gasteiger partial charge in [-0.25, -0.2) is 0 Å². The molecule has 116 valence electrons. The van der Waals surface area contributed by atoms with Crippen molar-refractivity contribution < 1.29 is 19.1 Å². The van der Waals surface area contributed by atoms with E-state index < -0.39 is 0 Å². The van der Waals surface area contributed by atoms with Gasteiger partial charge in [0.1, 0.15) is 6.04 Å². The molecule has 1 aliphatic rings. The van der Waals surface area contributed by atoms with E-state index in [1.165, 1.54) is 7.11 Å². The van der Waals surface area contributed by atoms with E-state index in [1.807, 2.05) is 4.90 Å². The molecule has 0 bridgehead atoms. The van der Waals surface area contributed by atoms with E-state index in [1.54, 1.807) is 0 Å². The predicted molar refractivity (Wildman–Crippen MR) is 75.3 cm³/mol. The Balaban J connectivity index is 2.27. The number of methoxy groups -OCH3 is 1. The van der Waals surface area contributed by atoms with Crippen LogP contribution >= 0.6 is 0 Å². The first-order chi connectivity index (χ1) is 9.69. The van der Waals surface area contributed by atoms with Gasteiger partial charge in [0.25, 0.3) is 0 Å². The number of rotatable bonds is 8. The van der Waals surface area contributed by atoms with Gasteiger partial charge in [-0.2, -0.15) is 0 Å². The lowest BCUT2D eigenvalue weighted by Gasteiger charge is -2.27. The number of unbranched alkanes of at least 4 members (excludes halogenated alkanes) is 1. The summed E-state index contributed by atoms with van der Waals surface area (Å²) in [6.45, 7) is 5.13. The van der Waals surface area contributed by atoms with E-state index in [-0.39, 0.29) is 17.9 Å². The Hall–Kier alpha value is -1.14. The van der Waals surface area contributed by atoms with Crippen molar-refractivity contribution in [1.29, 1.82) is 0 Å². The standard InChI is InChI=1S/C14H26N2O4/c1-3-4-5-12(14(18)19-2)15-7-6-13(17)16-8-10-20-11-9-16/h12,15H,3-11H2,1-2H3. The molecule has 6 heteroatoms. The van der Waals surface area contributed by atoms with E-state index in [4.69, 9.17) is 9.47 Å². The fourth-order valence-electron chi connectivity index (χ4n) is 2.18. The lowest BCUT2D eigenvalue weighted by atomic mass is 10.1. The van der Waals surface area contributed by atoms with Crippen LogP contribution in [0.4, 0.5) is 0 Å². The maximum atomic E-state index is 11.9. The van der Waals surface area contributed by atoms with Crippen molar-refractivity contribution in [1.82, 2.24) is 10.2 Å². The summed E-state index contributed by atoms with van der Waals surface area (Å²) < 4.78 is 9.98. The molecular weight excluding hydrogens is 260 g/mol. The topological polar surface area (TPSA) is 67.9 Å². The average molecular weight is 286 g/mol. The number of morpholine rings is 1. The highest BCUT2D eigenvalue weighted by Gasteiger charge is 2.20. The van der Waals surface area contributed by atoms with Gasteiger partial charge in [0, 0.05) is 26.1 Å². The number of carbonyl (C=O) groups excluding carboxylic acids is 2. The Bertz CT molecular complexity index is 304. The number of nitrogens with one attached hydrogen (secondary N) is 1. The van der Waals surface area contributed by atoms with Crippen LogP contribution in [0.1, 0.15) is 32.6 Å². The summed E-state index contributed by atoms with van der Waals surface area (Å²) in [7, 11) is 1.39. The zero-order chi connectivity index (χ0) is 14.8. The smallest absolute Gasteiger partial charge is 0.322 e. The summed E-state index contributed by atoms with van der Waals surface area (Å²) in [6.07, 6.45) is 3.14. The van der Waals surface area contributed by atoms with Gasteiger partial charge in [0.2, 0.25) is 5.91 Å². The highest BCUT2D eigenvalue weighted by Crippen LogP contribution is 2.04. The number of nitrogens with zero attached hydrogens (tertiary/aromatic N) is 1. The van der Waals surface area contributed by atoms with E-state index in [2.05, 4.69) is 12.2 Å². The molecule has 0 spiro atoms. The van der Waals surface area contributed by atoms with Crippen LogP contribution in [0.15, 0.2) is 0 Å². The Labute approximate surface area is 120 Å². The van der Waals surface area contributed by atoms with Crippen LogP contribution in [0.3, 0.4) is 0 Å². The van der Waals surface area contributed by atoms with E-state index >= 15 is 0 Å². The molecule has 1 saturated heterocycles. The normalized spacial score (nSPS) is 16.8. The third kappa shape index (κ3) is 5.88. The van der Waals surface area contributed by atoms with E-state index in [0.717, 1.165) is 19.3 Å². The van der Waals surface area contributed by atoms with Gasteiger partial charge < -0.3 is 19.7 Å². The van der Waals surface area contributed by atoms with Crippen molar-refractivity contribution in [2.45, 2.75) is 38.6 Å². The number of hydrogen-bond donors (Lipinski definition) is 1. The van der Waals surface area contributed by atoms with Gasteiger partial charge >= 0.3 is 5.97 Å². The van der Waals surface area contributed by atoms with Crippen molar-refractivity contribution in [2.24, 2.45) is 0 Å². The zero-order valence-electron chi connectivity index (χ0n) is 12.5. The minimum atomic E-state index is -0.308. The Kier molecular flexibility index (Phi) is 8.22. The highest BCUT2D eigenvalue weighted by atomic mass is 16.5. The first-order valence-corrected chi connectivity index (χ1v) is 7.35. The summed E-state index contributed by atoms with van der Waals surface area (Å²) in [5.41, 5.74) is 0. The summed E-state index contributed by atoms with van der Waals surface area (Å²) in [6, 6.07) is -0.308. The van der Waals surface area contributed by atoms with E-state index in [9.17, 15) is 9.59 Å². The Morgan fingerprint density at radius 1 is 1.35 bits per heavy atom. The van der Waals surface area contributed by atoms with Gasteiger partial charge in [-0.05, 0) is 6.42 Å². The minimum absolute atomic E-state index is 0.111. The molecule has 1 atom stereocenters. The van der Waals surface area contributed by atoms with Crippen LogP contribution in [0.5, 0.6) is 0 Å². The van der Waals surface area contributed by atoms with Crippen molar-refractivity contribution in [3.05, 3.63) is 0 Å². The van der Waals surface area contributed by atoms with Crippen LogP contribution in [0, 0.1) is 0 Å². The lowest BCUT2D eigenvalue weighted by Crippen LogP contribution is -2.43. The van der Waals surface area contributed by atoms with Crippen LogP contribution in [-0.4, -0.2) is 62.8 Å². The molecule has 0 aromatic heterocycles. The number of carbonyl (C=O) groups is 2. The molecule has 1 aliphatic heterocycles. The van der Waals surface area contributed by atoms with Gasteiger partial charge in [0.15, 0.2) is 0 Å². The fraction of sp³-hybridized carbons (Fsp3) is 0.857. The first-order valence-electron chi connectivity index (χ1n) is 7.35. The fourth-order valence-corrected chi connectivity index (χ4v) is 2.18. The quantitative estimate of drug-likeness (QED) is 0.660. The van der Waals surface area contributed by atoms with Crippen LogP contribution < -0.4 is 5.32 Å². The summed E-state index contributed by atoms with van der Waals surface area (Å²) in [4.78, 5) is 25.4. The molecule has 1 N–H and O–H groups in total. The predicted octanol–water partition coefficient (Wildman–Crippen LogP) is 0.557. The summed E-state index contributed by atoms with van der Waals surface area (Å²) in [5.74, 6) is -0.142. The number of amides is 1. The molecule has 1 unspecified atom stereocenters. The van der Waals surface area contributed by atoms with Crippen molar-refractivity contribution in [2.75, 3.05) is 40.0 Å². The maximum absolute atomic E-state index is 11.9. The summed E-state index contributed by atoms with van der Waals surface area (Å²) >= 11 is 0. The number of hydrogen-bond acceptors (Lipinski definition) is 5. The first kappa shape index (κ1) is 16.9. The van der Waals surface area contributed by atoms with Gasteiger partial charge in [-0.1, -0.05) is 19.8 Å². The second-order valence-electron chi connectivity index (χ2n) is 4.92. The molecule has 0 saturated carbocycles. The largest absolute Gasteiger partial charge is 0.468 e. The SMILES string of the molecule is CCCCC(NCCC(=O)N1CCOCC1)C(=O)OC. The van der Waals surface area contributed by atoms with Gasteiger partial charge in [-0.3, -0.25) is 9.59 Å². The third-order valence-corrected chi connectivity index (χ3v) is 3.43. The molecule has 6 nitrogen and oxygen atoms in total. The van der Waals surface area contributed by atoms with Crippen LogP contribution in [0.2, 0.25) is 0 Å². The minimum Gasteiger partial charge on any atom is -0.468 e. The molecule has 0 aromatic carbocycles. The summed E-state index contributed by atoms with van der Waals surface area (Å²) in [5, 5.41) is 3.12. The van der Waals surface area contributed by atoms with Crippen molar-refractivity contribution in [3.8, 4) is 0 Å². The second kappa shape index (κ2) is 9.72. The van der Waals surface area contributed by atoms with Crippen LogP contribution in [0.25, 0.3) is 0 Å². The van der Waals surface area contributed by atoms with E-state index in [0.29, 0.717) is 39.3 Å². The van der Waals surface area contributed by atoms with Gasteiger partial charge in [0.05, 0.1) is 20.3 Å². The molecule has 1 fully saturated rings. The molecule has 1 amide bonds. The zero-order valence-corrected chi connectivity index (χ0v) is 12.5. The monoisotopic (exact) mass is 286 g/mol. The van der Waals surface area contributed by atoms with Crippen molar-refractivity contribution >= 4 is 11.9 Å². The van der Waals surface area contributed by atoms with Gasteiger partial charge in [-0.15, -0.1) is 0 Å². The average Bonchev–Trinajstić information content (AvgIpc) is 2.50. The molecule has 0 radical (unpaired) electrons. The maximum Gasteiger partial charge on any atom is 0.322 e. The van der Waals surface area contributed by atoms with Crippen LogP contribution in [-0.2, 0) is 19.1 Å².